The van der Waals surface area contributed by atoms with Crippen LogP contribution in [-0.2, 0) is 4.74 Å². The molecule has 2 aliphatic rings. The van der Waals surface area contributed by atoms with Crippen LogP contribution in [0.2, 0.25) is 0 Å². The molecule has 1 atom stereocenters. The van der Waals surface area contributed by atoms with Crippen molar-refractivity contribution in [3.8, 4) is 0 Å². The first-order valence-corrected chi connectivity index (χ1v) is 8.75. The molecular weight excluding hydrogens is 272 g/mol. The van der Waals surface area contributed by atoms with Gasteiger partial charge in [-0.05, 0) is 52.1 Å². The Morgan fingerprint density at radius 2 is 2.25 bits per heavy atom. The van der Waals surface area contributed by atoms with Gasteiger partial charge in [-0.15, -0.1) is 0 Å². The van der Waals surface area contributed by atoms with Gasteiger partial charge in [0, 0.05) is 17.9 Å². The average molecular weight is 300 g/mol. The van der Waals surface area contributed by atoms with Crippen LogP contribution in [0.15, 0.2) is 4.99 Å². The minimum absolute atomic E-state index is 0.267. The van der Waals surface area contributed by atoms with Gasteiger partial charge in [-0.1, -0.05) is 0 Å². The quantitative estimate of drug-likeness (QED) is 0.583. The molecule has 2 fully saturated rings. The number of likely N-dealkylation sites (tertiary alicyclic amines) is 1. The highest BCUT2D eigenvalue weighted by Crippen LogP contribution is 2.34. The molecule has 3 N–H and O–H groups in total. The number of ether oxygens (including phenoxy) is 1. The molecule has 0 aliphatic carbocycles. The number of piperidine rings is 1. The minimum Gasteiger partial charge on any atom is -0.376 e. The van der Waals surface area contributed by atoms with Crippen LogP contribution in [0.1, 0.15) is 25.7 Å². The van der Waals surface area contributed by atoms with Crippen molar-refractivity contribution in [2.75, 3.05) is 46.1 Å². The van der Waals surface area contributed by atoms with Crippen LogP contribution in [0.5, 0.6) is 0 Å². The summed E-state index contributed by atoms with van der Waals surface area (Å²) in [5.74, 6) is 0.563. The van der Waals surface area contributed by atoms with E-state index < -0.39 is 0 Å². The summed E-state index contributed by atoms with van der Waals surface area (Å²) in [6.07, 6.45) is 7.16. The lowest BCUT2D eigenvalue weighted by atomic mass is 9.96. The first-order chi connectivity index (χ1) is 9.63. The number of hydrogen-bond acceptors (Lipinski definition) is 4. The minimum atomic E-state index is 0.267. The first kappa shape index (κ1) is 15.9. The van der Waals surface area contributed by atoms with E-state index in [-0.39, 0.29) is 4.75 Å². The second-order valence-electron chi connectivity index (χ2n) is 5.91. The average Bonchev–Trinajstić information content (AvgIpc) is 2.98. The predicted molar refractivity (Wildman–Crippen MR) is 86.4 cm³/mol. The number of rotatable bonds is 5. The third-order valence-corrected chi connectivity index (χ3v) is 5.81. The van der Waals surface area contributed by atoms with Crippen molar-refractivity contribution in [1.82, 2.24) is 10.2 Å². The molecule has 5 nitrogen and oxygen atoms in total. The lowest BCUT2D eigenvalue weighted by Crippen LogP contribution is -2.44. The Balaban J connectivity index is 1.76. The van der Waals surface area contributed by atoms with Crippen LogP contribution >= 0.6 is 11.8 Å². The molecule has 6 heteroatoms. The normalized spacial score (nSPS) is 27.7. The van der Waals surface area contributed by atoms with Crippen molar-refractivity contribution in [1.29, 1.82) is 0 Å². The maximum absolute atomic E-state index is 5.97. The van der Waals surface area contributed by atoms with E-state index in [0.717, 1.165) is 45.6 Å². The smallest absolute Gasteiger partial charge is 0.188 e. The molecule has 116 valence electrons. The summed E-state index contributed by atoms with van der Waals surface area (Å²) < 4.78 is 5.83. The molecule has 2 rings (SSSR count). The number of guanidine groups is 1. The fourth-order valence-electron chi connectivity index (χ4n) is 2.76. The molecule has 0 spiro atoms. The van der Waals surface area contributed by atoms with Crippen LogP contribution in [-0.4, -0.2) is 67.8 Å². The summed E-state index contributed by atoms with van der Waals surface area (Å²) in [7, 11) is 2.19. The topological polar surface area (TPSA) is 62.9 Å². The maximum Gasteiger partial charge on any atom is 0.188 e. The van der Waals surface area contributed by atoms with Gasteiger partial charge in [-0.3, -0.25) is 4.99 Å². The summed E-state index contributed by atoms with van der Waals surface area (Å²) in [6.45, 7) is 4.78. The second-order valence-corrected chi connectivity index (χ2v) is 7.18. The number of nitrogens with one attached hydrogen (secondary N) is 1. The van der Waals surface area contributed by atoms with E-state index in [2.05, 4.69) is 28.5 Å². The molecule has 0 radical (unpaired) electrons. The highest BCUT2D eigenvalue weighted by Gasteiger charge is 2.32. The number of nitrogens with zero attached hydrogens (tertiary/aromatic N) is 2. The zero-order chi connectivity index (χ0) is 14.4. The Morgan fingerprint density at radius 3 is 2.85 bits per heavy atom. The molecule has 0 bridgehead atoms. The van der Waals surface area contributed by atoms with Gasteiger partial charge in [0.15, 0.2) is 5.96 Å². The predicted octanol–water partition coefficient (Wildman–Crippen LogP) is 0.897. The first-order valence-electron chi connectivity index (χ1n) is 7.53. The Kier molecular flexibility index (Phi) is 5.99. The van der Waals surface area contributed by atoms with Gasteiger partial charge in [0.2, 0.25) is 0 Å². The zero-order valence-corrected chi connectivity index (χ0v) is 13.5. The fraction of sp³-hybridized carbons (Fsp3) is 0.929. The molecule has 2 aliphatic heterocycles. The molecule has 2 saturated heterocycles. The van der Waals surface area contributed by atoms with Gasteiger partial charge >= 0.3 is 0 Å². The van der Waals surface area contributed by atoms with Gasteiger partial charge in [0.1, 0.15) is 0 Å². The summed E-state index contributed by atoms with van der Waals surface area (Å²) in [6, 6.07) is 0. The van der Waals surface area contributed by atoms with E-state index >= 15 is 0 Å². The maximum atomic E-state index is 5.97. The number of thioether (sulfide) groups is 1. The molecule has 0 amide bonds. The number of nitrogens with two attached hydrogens (primary N) is 1. The SMILES string of the molecule is CSC1(CN=C(N)NCC2CCCO2)CCN(C)CC1. The van der Waals surface area contributed by atoms with E-state index in [9.17, 15) is 0 Å². The Labute approximate surface area is 126 Å². The summed E-state index contributed by atoms with van der Waals surface area (Å²) in [4.78, 5) is 6.95. The molecule has 0 aromatic carbocycles. The van der Waals surface area contributed by atoms with Gasteiger partial charge < -0.3 is 20.7 Å². The molecule has 0 saturated carbocycles. The second kappa shape index (κ2) is 7.52. The summed E-state index contributed by atoms with van der Waals surface area (Å²) in [5, 5.41) is 3.20. The molecule has 2 heterocycles. The van der Waals surface area contributed by atoms with Crippen molar-refractivity contribution < 1.29 is 4.74 Å². The zero-order valence-electron chi connectivity index (χ0n) is 12.7. The molecular formula is C14H28N4OS. The fourth-order valence-corrected chi connectivity index (χ4v) is 3.55. The molecule has 0 aromatic rings. The van der Waals surface area contributed by atoms with E-state index in [1.807, 2.05) is 11.8 Å². The molecule has 1 unspecified atom stereocenters. The van der Waals surface area contributed by atoms with Crippen molar-refractivity contribution >= 4 is 17.7 Å². The largest absolute Gasteiger partial charge is 0.376 e. The van der Waals surface area contributed by atoms with Crippen LogP contribution < -0.4 is 11.1 Å². The highest BCUT2D eigenvalue weighted by molar-refractivity contribution is 8.00. The van der Waals surface area contributed by atoms with E-state index in [1.165, 1.54) is 12.8 Å². The third kappa shape index (κ3) is 4.53. The third-order valence-electron chi connectivity index (χ3n) is 4.40. The van der Waals surface area contributed by atoms with E-state index in [1.54, 1.807) is 0 Å². The van der Waals surface area contributed by atoms with Crippen LogP contribution in [0.25, 0.3) is 0 Å². The lowest BCUT2D eigenvalue weighted by Gasteiger charge is -2.38. The molecule has 20 heavy (non-hydrogen) atoms. The summed E-state index contributed by atoms with van der Waals surface area (Å²) in [5.41, 5.74) is 5.97. The Morgan fingerprint density at radius 1 is 1.50 bits per heavy atom. The number of hydrogen-bond donors (Lipinski definition) is 2. The van der Waals surface area contributed by atoms with Gasteiger partial charge in [0.05, 0.1) is 12.6 Å². The standard InChI is InChI=1S/C14H28N4OS/c1-18-7-5-14(20-2,6-8-18)11-17-13(15)16-10-12-4-3-9-19-12/h12H,3-11H2,1-2H3,(H3,15,16,17). The van der Waals surface area contributed by atoms with Crippen LogP contribution in [0, 0.1) is 0 Å². The lowest BCUT2D eigenvalue weighted by molar-refractivity contribution is 0.114. The van der Waals surface area contributed by atoms with Crippen molar-refractivity contribution in [2.45, 2.75) is 36.5 Å². The Hall–Kier alpha value is -0.460. The van der Waals surface area contributed by atoms with Crippen molar-refractivity contribution in [3.63, 3.8) is 0 Å². The monoisotopic (exact) mass is 300 g/mol. The molecule has 0 aromatic heterocycles. The van der Waals surface area contributed by atoms with Crippen LogP contribution in [0.3, 0.4) is 0 Å². The van der Waals surface area contributed by atoms with Gasteiger partial charge in [0.25, 0.3) is 0 Å². The van der Waals surface area contributed by atoms with Gasteiger partial charge in [-0.2, -0.15) is 11.8 Å². The van der Waals surface area contributed by atoms with E-state index in [4.69, 9.17) is 10.5 Å². The summed E-state index contributed by atoms with van der Waals surface area (Å²) >= 11 is 1.94. The van der Waals surface area contributed by atoms with Crippen LogP contribution in [0.4, 0.5) is 0 Å². The van der Waals surface area contributed by atoms with Gasteiger partial charge in [-0.25, -0.2) is 0 Å². The van der Waals surface area contributed by atoms with Crippen molar-refractivity contribution in [3.05, 3.63) is 0 Å². The van der Waals surface area contributed by atoms with E-state index in [0.29, 0.717) is 12.1 Å². The number of aliphatic imine (C=N–C) groups is 1. The Bertz CT molecular complexity index is 323. The highest BCUT2D eigenvalue weighted by atomic mass is 32.2. The van der Waals surface area contributed by atoms with Crippen molar-refractivity contribution in [2.24, 2.45) is 10.7 Å².